The first kappa shape index (κ1) is 16.5. The Bertz CT molecular complexity index is 961. The number of aryl methyl sites for hydroxylation is 1. The van der Waals surface area contributed by atoms with Crippen molar-refractivity contribution in [3.63, 3.8) is 0 Å². The molecule has 0 saturated heterocycles. The third-order valence-corrected chi connectivity index (χ3v) is 3.92. The lowest BCUT2D eigenvalue weighted by Gasteiger charge is -2.08. The van der Waals surface area contributed by atoms with Crippen LogP contribution in [-0.4, -0.2) is 17.9 Å². The van der Waals surface area contributed by atoms with E-state index in [2.05, 4.69) is 5.32 Å². The lowest BCUT2D eigenvalue weighted by atomic mass is 10.1. The first-order chi connectivity index (χ1) is 12.0. The standard InChI is InChI=1S/C18H16N2O5/c1-11-3-4-13(20(22)23)8-16(11)19-18(21)7-12-10-25-17-9-14(24-2)5-6-15(12)17/h3-6,8-10H,7H2,1-2H3,(H,19,21). The minimum atomic E-state index is -0.494. The summed E-state index contributed by atoms with van der Waals surface area (Å²) in [5.41, 5.74) is 2.48. The maximum atomic E-state index is 12.3. The Morgan fingerprint density at radius 2 is 2.08 bits per heavy atom. The Labute approximate surface area is 143 Å². The second-order valence-corrected chi connectivity index (χ2v) is 5.60. The van der Waals surface area contributed by atoms with E-state index in [9.17, 15) is 14.9 Å². The average molecular weight is 340 g/mol. The fourth-order valence-corrected chi connectivity index (χ4v) is 2.55. The number of methoxy groups -OCH3 is 1. The van der Waals surface area contributed by atoms with Crippen molar-refractivity contribution in [2.45, 2.75) is 13.3 Å². The molecule has 0 aliphatic rings. The van der Waals surface area contributed by atoms with Gasteiger partial charge in [-0.3, -0.25) is 14.9 Å². The molecule has 0 radical (unpaired) electrons. The molecule has 2 aromatic carbocycles. The van der Waals surface area contributed by atoms with Crippen molar-refractivity contribution in [1.82, 2.24) is 0 Å². The lowest BCUT2D eigenvalue weighted by molar-refractivity contribution is -0.384. The van der Waals surface area contributed by atoms with Crippen molar-refractivity contribution in [2.24, 2.45) is 0 Å². The first-order valence-corrected chi connectivity index (χ1v) is 7.57. The van der Waals surface area contributed by atoms with Gasteiger partial charge in [0.15, 0.2) is 0 Å². The molecule has 0 unspecified atom stereocenters. The van der Waals surface area contributed by atoms with Crippen LogP contribution in [0.5, 0.6) is 5.75 Å². The van der Waals surface area contributed by atoms with Gasteiger partial charge < -0.3 is 14.5 Å². The summed E-state index contributed by atoms with van der Waals surface area (Å²) in [7, 11) is 1.57. The van der Waals surface area contributed by atoms with Gasteiger partial charge in [0.25, 0.3) is 5.69 Å². The third kappa shape index (κ3) is 3.45. The molecule has 0 atom stereocenters. The number of rotatable bonds is 5. The number of carbonyl (C=O) groups is 1. The minimum Gasteiger partial charge on any atom is -0.497 e. The molecule has 7 heteroatoms. The third-order valence-electron chi connectivity index (χ3n) is 3.92. The zero-order chi connectivity index (χ0) is 18.0. The molecule has 25 heavy (non-hydrogen) atoms. The topological polar surface area (TPSA) is 94.6 Å². The van der Waals surface area contributed by atoms with Gasteiger partial charge in [0, 0.05) is 29.1 Å². The lowest BCUT2D eigenvalue weighted by Crippen LogP contribution is -2.15. The van der Waals surface area contributed by atoms with Gasteiger partial charge in [0.1, 0.15) is 11.3 Å². The molecule has 0 bridgehead atoms. The highest BCUT2D eigenvalue weighted by Crippen LogP contribution is 2.27. The molecule has 1 aromatic heterocycles. The predicted octanol–water partition coefficient (Wildman–Crippen LogP) is 3.84. The molecular weight excluding hydrogens is 324 g/mol. The number of nitrogens with zero attached hydrogens (tertiary/aromatic N) is 1. The summed E-state index contributed by atoms with van der Waals surface area (Å²) in [6.45, 7) is 1.78. The summed E-state index contributed by atoms with van der Waals surface area (Å²) >= 11 is 0. The Kier molecular flexibility index (Phi) is 4.38. The molecule has 128 valence electrons. The number of hydrogen-bond donors (Lipinski definition) is 1. The molecule has 3 aromatic rings. The molecular formula is C18H16N2O5. The summed E-state index contributed by atoms with van der Waals surface area (Å²) in [6, 6.07) is 9.74. The fourth-order valence-electron chi connectivity index (χ4n) is 2.55. The maximum absolute atomic E-state index is 12.3. The molecule has 0 aliphatic carbocycles. The molecule has 1 amide bonds. The number of furan rings is 1. The molecule has 0 aliphatic heterocycles. The normalized spacial score (nSPS) is 10.6. The van der Waals surface area contributed by atoms with E-state index in [1.807, 2.05) is 6.07 Å². The summed E-state index contributed by atoms with van der Waals surface area (Å²) < 4.78 is 10.6. The number of hydrogen-bond acceptors (Lipinski definition) is 5. The number of fused-ring (bicyclic) bond motifs is 1. The zero-order valence-corrected chi connectivity index (χ0v) is 13.7. The van der Waals surface area contributed by atoms with Crippen LogP contribution in [-0.2, 0) is 11.2 Å². The highest BCUT2D eigenvalue weighted by molar-refractivity contribution is 5.96. The SMILES string of the molecule is COc1ccc2c(CC(=O)Nc3cc([N+](=O)[O-])ccc3C)coc2c1. The van der Waals surface area contributed by atoms with Crippen molar-refractivity contribution < 1.29 is 18.9 Å². The van der Waals surface area contributed by atoms with Crippen LogP contribution in [0, 0.1) is 17.0 Å². The largest absolute Gasteiger partial charge is 0.497 e. The number of nitrogens with one attached hydrogen (secondary N) is 1. The Morgan fingerprint density at radius 1 is 1.28 bits per heavy atom. The van der Waals surface area contributed by atoms with E-state index in [1.165, 1.54) is 18.4 Å². The van der Waals surface area contributed by atoms with E-state index in [0.717, 1.165) is 16.5 Å². The van der Waals surface area contributed by atoms with Gasteiger partial charge in [-0.05, 0) is 24.6 Å². The van der Waals surface area contributed by atoms with E-state index in [1.54, 1.807) is 32.2 Å². The average Bonchev–Trinajstić information content (AvgIpc) is 2.98. The highest BCUT2D eigenvalue weighted by Gasteiger charge is 2.14. The molecule has 1 heterocycles. The van der Waals surface area contributed by atoms with Crippen LogP contribution in [0.3, 0.4) is 0 Å². The second kappa shape index (κ2) is 6.64. The molecule has 0 saturated carbocycles. The van der Waals surface area contributed by atoms with Crippen molar-refractivity contribution in [3.05, 3.63) is 63.9 Å². The summed E-state index contributed by atoms with van der Waals surface area (Å²) in [5.74, 6) is 0.396. The van der Waals surface area contributed by atoms with Crippen molar-refractivity contribution in [1.29, 1.82) is 0 Å². The summed E-state index contributed by atoms with van der Waals surface area (Å²) in [4.78, 5) is 22.7. The van der Waals surface area contributed by atoms with Crippen molar-refractivity contribution in [3.8, 4) is 5.75 Å². The molecule has 1 N–H and O–H groups in total. The number of benzene rings is 2. The van der Waals surface area contributed by atoms with Gasteiger partial charge in [0.2, 0.25) is 5.91 Å². The van der Waals surface area contributed by atoms with Crippen LogP contribution in [0.25, 0.3) is 11.0 Å². The van der Waals surface area contributed by atoms with Gasteiger partial charge in [0.05, 0.1) is 30.4 Å². The Balaban J connectivity index is 1.79. The van der Waals surface area contributed by atoms with Crippen LogP contribution in [0.15, 0.2) is 47.1 Å². The summed E-state index contributed by atoms with van der Waals surface area (Å²) in [5, 5.41) is 14.4. The first-order valence-electron chi connectivity index (χ1n) is 7.57. The number of nitro groups is 1. The summed E-state index contributed by atoms with van der Waals surface area (Å²) in [6.07, 6.45) is 1.63. The van der Waals surface area contributed by atoms with Gasteiger partial charge in [-0.15, -0.1) is 0 Å². The number of nitro benzene ring substituents is 1. The Hall–Kier alpha value is -3.35. The molecule has 7 nitrogen and oxygen atoms in total. The second-order valence-electron chi connectivity index (χ2n) is 5.60. The predicted molar refractivity (Wildman–Crippen MR) is 92.9 cm³/mol. The van der Waals surface area contributed by atoms with Gasteiger partial charge in [-0.25, -0.2) is 0 Å². The number of anilines is 1. The maximum Gasteiger partial charge on any atom is 0.271 e. The van der Waals surface area contributed by atoms with Crippen LogP contribution in [0.1, 0.15) is 11.1 Å². The van der Waals surface area contributed by atoms with E-state index >= 15 is 0 Å². The number of amides is 1. The van der Waals surface area contributed by atoms with Crippen LogP contribution in [0.2, 0.25) is 0 Å². The van der Waals surface area contributed by atoms with Gasteiger partial charge >= 0.3 is 0 Å². The van der Waals surface area contributed by atoms with Gasteiger partial charge in [-0.1, -0.05) is 6.07 Å². The number of carbonyl (C=O) groups excluding carboxylic acids is 1. The molecule has 0 spiro atoms. The van der Waals surface area contributed by atoms with Crippen molar-refractivity contribution >= 4 is 28.3 Å². The van der Waals surface area contributed by atoms with E-state index in [-0.39, 0.29) is 18.0 Å². The van der Waals surface area contributed by atoms with E-state index in [4.69, 9.17) is 9.15 Å². The number of non-ortho nitro benzene ring substituents is 1. The number of ether oxygens (including phenoxy) is 1. The smallest absolute Gasteiger partial charge is 0.271 e. The van der Waals surface area contributed by atoms with Crippen LogP contribution < -0.4 is 10.1 Å². The molecule has 0 fully saturated rings. The monoisotopic (exact) mass is 340 g/mol. The quantitative estimate of drug-likeness (QED) is 0.562. The van der Waals surface area contributed by atoms with E-state index < -0.39 is 4.92 Å². The van der Waals surface area contributed by atoms with Crippen LogP contribution >= 0.6 is 0 Å². The zero-order valence-electron chi connectivity index (χ0n) is 13.7. The minimum absolute atomic E-state index is 0.0678. The van der Waals surface area contributed by atoms with Gasteiger partial charge in [-0.2, -0.15) is 0 Å². The Morgan fingerprint density at radius 3 is 2.80 bits per heavy atom. The van der Waals surface area contributed by atoms with Crippen LogP contribution in [0.4, 0.5) is 11.4 Å². The van der Waals surface area contributed by atoms with E-state index in [0.29, 0.717) is 17.0 Å². The van der Waals surface area contributed by atoms with Crippen molar-refractivity contribution in [2.75, 3.05) is 12.4 Å². The fraction of sp³-hybridized carbons (Fsp3) is 0.167. The molecule has 3 rings (SSSR count). The highest BCUT2D eigenvalue weighted by atomic mass is 16.6.